The summed E-state index contributed by atoms with van der Waals surface area (Å²) in [6, 6.07) is 14.3. The number of hydrogen-bond donors (Lipinski definition) is 3. The predicted molar refractivity (Wildman–Crippen MR) is 90.0 cm³/mol. The minimum atomic E-state index is -0.662. The Labute approximate surface area is 142 Å². The molecule has 0 saturated heterocycles. The third-order valence-electron chi connectivity index (χ3n) is 3.65. The number of nitrogens with zero attached hydrogens (tertiary/aromatic N) is 2. The van der Waals surface area contributed by atoms with Crippen molar-refractivity contribution in [2.24, 2.45) is 0 Å². The van der Waals surface area contributed by atoms with Crippen molar-refractivity contribution in [3.05, 3.63) is 76.1 Å². The Hall–Kier alpha value is -3.68. The van der Waals surface area contributed by atoms with Gasteiger partial charge in [-0.25, -0.2) is 0 Å². The molecule has 1 amide bonds. The van der Waals surface area contributed by atoms with Crippen molar-refractivity contribution in [3.8, 4) is 16.9 Å². The fraction of sp³-hybridized carbons (Fsp3) is 0.0588. The number of phenols is 1. The molecule has 0 spiro atoms. The fourth-order valence-corrected chi connectivity index (χ4v) is 2.32. The van der Waals surface area contributed by atoms with Crippen molar-refractivity contribution in [1.82, 2.24) is 15.5 Å². The molecule has 0 saturated carbocycles. The Morgan fingerprint density at radius 3 is 2.32 bits per heavy atom. The van der Waals surface area contributed by atoms with Gasteiger partial charge in [0.25, 0.3) is 5.91 Å². The molecule has 0 aliphatic carbocycles. The number of hydrogen-bond acceptors (Lipinski definition) is 5. The molecular formula is C17H14N4O4. The average Bonchev–Trinajstić information content (AvgIpc) is 3.11. The normalized spacial score (nSPS) is 10.4. The molecule has 0 unspecified atom stereocenters. The third kappa shape index (κ3) is 3.63. The van der Waals surface area contributed by atoms with Gasteiger partial charge in [0.1, 0.15) is 11.9 Å². The van der Waals surface area contributed by atoms with Crippen LogP contribution < -0.4 is 5.32 Å². The molecule has 0 aliphatic heterocycles. The van der Waals surface area contributed by atoms with Gasteiger partial charge in [0.2, 0.25) is 5.69 Å². The van der Waals surface area contributed by atoms with Gasteiger partial charge in [0, 0.05) is 6.54 Å². The SMILES string of the molecule is O=C(NCc1ccc(-c2ccc(O)cc2)cc1)c1[nH]ncc1[N+](=O)[O-]. The van der Waals surface area contributed by atoms with Gasteiger partial charge >= 0.3 is 5.69 Å². The van der Waals surface area contributed by atoms with Crippen LogP contribution in [0.1, 0.15) is 16.1 Å². The molecule has 3 aromatic rings. The highest BCUT2D eigenvalue weighted by Gasteiger charge is 2.22. The maximum absolute atomic E-state index is 12.0. The molecule has 3 N–H and O–H groups in total. The van der Waals surface area contributed by atoms with Crippen LogP contribution in [0.5, 0.6) is 5.75 Å². The molecule has 8 nitrogen and oxygen atoms in total. The molecule has 25 heavy (non-hydrogen) atoms. The number of carbonyl (C=O) groups excluding carboxylic acids is 1. The number of H-pyrrole nitrogens is 1. The van der Waals surface area contributed by atoms with Crippen LogP contribution >= 0.6 is 0 Å². The second kappa shape index (κ2) is 6.83. The Morgan fingerprint density at radius 1 is 1.12 bits per heavy atom. The third-order valence-corrected chi connectivity index (χ3v) is 3.65. The summed E-state index contributed by atoms with van der Waals surface area (Å²) in [5.41, 5.74) is 2.24. The zero-order valence-corrected chi connectivity index (χ0v) is 13.0. The summed E-state index contributed by atoms with van der Waals surface area (Å²) in [6.07, 6.45) is 1.00. The predicted octanol–water partition coefficient (Wildman–Crippen LogP) is 2.62. The first-order valence-corrected chi connectivity index (χ1v) is 7.39. The molecule has 0 fully saturated rings. The second-order valence-electron chi connectivity index (χ2n) is 5.31. The van der Waals surface area contributed by atoms with Gasteiger partial charge in [0.05, 0.1) is 4.92 Å². The van der Waals surface area contributed by atoms with E-state index >= 15 is 0 Å². The lowest BCUT2D eigenvalue weighted by Gasteiger charge is -2.06. The summed E-state index contributed by atoms with van der Waals surface area (Å²) in [4.78, 5) is 22.2. The smallest absolute Gasteiger partial charge is 0.319 e. The zero-order chi connectivity index (χ0) is 17.8. The van der Waals surface area contributed by atoms with E-state index in [1.54, 1.807) is 12.1 Å². The van der Waals surface area contributed by atoms with Crippen molar-refractivity contribution < 1.29 is 14.8 Å². The van der Waals surface area contributed by atoms with Gasteiger partial charge in [-0.3, -0.25) is 20.0 Å². The minimum absolute atomic E-state index is 0.175. The zero-order valence-electron chi connectivity index (χ0n) is 13.0. The fourth-order valence-electron chi connectivity index (χ4n) is 2.32. The summed E-state index contributed by atoms with van der Waals surface area (Å²) in [5.74, 6) is -0.386. The average molecular weight is 338 g/mol. The largest absolute Gasteiger partial charge is 0.508 e. The summed E-state index contributed by atoms with van der Waals surface area (Å²) in [7, 11) is 0. The van der Waals surface area contributed by atoms with E-state index in [1.807, 2.05) is 36.4 Å². The van der Waals surface area contributed by atoms with Gasteiger partial charge in [0.15, 0.2) is 0 Å². The van der Waals surface area contributed by atoms with Gasteiger partial charge in [-0.15, -0.1) is 0 Å². The van der Waals surface area contributed by atoms with Crippen LogP contribution in [0.3, 0.4) is 0 Å². The maximum Gasteiger partial charge on any atom is 0.319 e. The van der Waals surface area contributed by atoms with Crippen LogP contribution in [0.15, 0.2) is 54.7 Å². The van der Waals surface area contributed by atoms with Crippen LogP contribution in [0, 0.1) is 10.1 Å². The van der Waals surface area contributed by atoms with E-state index in [0.29, 0.717) is 0 Å². The highest BCUT2D eigenvalue weighted by molar-refractivity contribution is 5.95. The second-order valence-corrected chi connectivity index (χ2v) is 5.31. The van der Waals surface area contributed by atoms with E-state index in [2.05, 4.69) is 15.5 Å². The van der Waals surface area contributed by atoms with Crippen LogP contribution in [-0.2, 0) is 6.54 Å². The number of nitro groups is 1. The van der Waals surface area contributed by atoms with Gasteiger partial charge in [-0.1, -0.05) is 36.4 Å². The Kier molecular flexibility index (Phi) is 4.42. The van der Waals surface area contributed by atoms with E-state index in [0.717, 1.165) is 22.9 Å². The molecule has 0 aliphatic rings. The number of carbonyl (C=O) groups is 1. The van der Waals surface area contributed by atoms with Crippen molar-refractivity contribution in [2.75, 3.05) is 0 Å². The van der Waals surface area contributed by atoms with Gasteiger partial charge in [-0.05, 0) is 28.8 Å². The number of aromatic hydroxyl groups is 1. The number of nitrogens with one attached hydrogen (secondary N) is 2. The molecule has 1 heterocycles. The highest BCUT2D eigenvalue weighted by atomic mass is 16.6. The molecule has 1 aromatic heterocycles. The van der Waals surface area contributed by atoms with E-state index in [9.17, 15) is 20.0 Å². The molecule has 8 heteroatoms. The summed E-state index contributed by atoms with van der Waals surface area (Å²) in [5, 5.41) is 28.6. The van der Waals surface area contributed by atoms with Crippen LogP contribution in [-0.4, -0.2) is 26.1 Å². The number of benzene rings is 2. The molecule has 0 radical (unpaired) electrons. The standard InChI is InChI=1S/C17H14N4O4/c22-14-7-5-13(6-8-14)12-3-1-11(2-4-12)9-18-17(23)16-15(21(24)25)10-19-20-16/h1-8,10,22H,9H2,(H,18,23)(H,19,20). The first-order chi connectivity index (χ1) is 12.0. The minimum Gasteiger partial charge on any atom is -0.508 e. The number of amides is 1. The first kappa shape index (κ1) is 16.2. The summed E-state index contributed by atoms with van der Waals surface area (Å²) >= 11 is 0. The van der Waals surface area contributed by atoms with Crippen molar-refractivity contribution in [3.63, 3.8) is 0 Å². The number of aromatic amines is 1. The lowest BCUT2D eigenvalue weighted by molar-refractivity contribution is -0.385. The molecular weight excluding hydrogens is 324 g/mol. The molecule has 0 atom stereocenters. The summed E-state index contributed by atoms with van der Waals surface area (Å²) < 4.78 is 0. The van der Waals surface area contributed by atoms with E-state index < -0.39 is 10.8 Å². The summed E-state index contributed by atoms with van der Waals surface area (Å²) in [6.45, 7) is 0.227. The first-order valence-electron chi connectivity index (χ1n) is 7.39. The molecule has 0 bridgehead atoms. The number of phenolic OH excluding ortho intramolecular Hbond substituents is 1. The van der Waals surface area contributed by atoms with Gasteiger partial charge in [-0.2, -0.15) is 5.10 Å². The van der Waals surface area contributed by atoms with E-state index in [4.69, 9.17) is 0 Å². The quantitative estimate of drug-likeness (QED) is 0.488. The lowest BCUT2D eigenvalue weighted by Crippen LogP contribution is -2.24. The Bertz CT molecular complexity index is 901. The van der Waals surface area contributed by atoms with Crippen molar-refractivity contribution in [1.29, 1.82) is 0 Å². The van der Waals surface area contributed by atoms with E-state index in [1.165, 1.54) is 0 Å². The Morgan fingerprint density at radius 2 is 1.72 bits per heavy atom. The molecule has 2 aromatic carbocycles. The van der Waals surface area contributed by atoms with Crippen molar-refractivity contribution >= 4 is 11.6 Å². The number of rotatable bonds is 5. The number of aromatic nitrogens is 2. The Balaban J connectivity index is 1.65. The van der Waals surface area contributed by atoms with Crippen LogP contribution in [0.4, 0.5) is 5.69 Å². The molecule has 126 valence electrons. The van der Waals surface area contributed by atoms with Crippen LogP contribution in [0.2, 0.25) is 0 Å². The van der Waals surface area contributed by atoms with Gasteiger partial charge < -0.3 is 10.4 Å². The van der Waals surface area contributed by atoms with Crippen molar-refractivity contribution in [2.45, 2.75) is 6.54 Å². The monoisotopic (exact) mass is 338 g/mol. The topological polar surface area (TPSA) is 121 Å². The molecule has 3 rings (SSSR count). The lowest BCUT2D eigenvalue weighted by atomic mass is 10.0. The van der Waals surface area contributed by atoms with Crippen LogP contribution in [0.25, 0.3) is 11.1 Å². The maximum atomic E-state index is 12.0. The highest BCUT2D eigenvalue weighted by Crippen LogP contribution is 2.22. The van der Waals surface area contributed by atoms with E-state index in [-0.39, 0.29) is 23.7 Å².